The highest BCUT2D eigenvalue weighted by atomic mass is 32.2. The largest absolute Gasteiger partial charge is 0.326 e. The number of carbonyl (C=O) groups excluding carboxylic acids is 1. The quantitative estimate of drug-likeness (QED) is 0.475. The van der Waals surface area contributed by atoms with E-state index in [1.165, 1.54) is 28.6 Å². The third kappa shape index (κ3) is 3.56. The number of nitrogens with one attached hydrogen (secondary N) is 1. The second-order valence-electron chi connectivity index (χ2n) is 7.55. The monoisotopic (exact) mass is 453 g/mol. The third-order valence-corrected chi connectivity index (χ3v) is 6.34. The van der Waals surface area contributed by atoms with Gasteiger partial charge in [-0.1, -0.05) is 23.9 Å². The van der Waals surface area contributed by atoms with Crippen molar-refractivity contribution >= 4 is 34.4 Å². The average molecular weight is 453 g/mol. The lowest BCUT2D eigenvalue weighted by molar-refractivity contribution is -0.116. The van der Waals surface area contributed by atoms with E-state index in [1.54, 1.807) is 4.68 Å². The molecule has 1 unspecified atom stereocenters. The Balaban J connectivity index is 1.44. The molecule has 1 N–H and O–H groups in total. The van der Waals surface area contributed by atoms with Crippen LogP contribution < -0.4 is 10.9 Å². The molecular formula is C22H17F2N5O2S. The van der Waals surface area contributed by atoms with Crippen molar-refractivity contribution in [3.8, 4) is 5.69 Å². The highest BCUT2D eigenvalue weighted by molar-refractivity contribution is 7.99. The molecule has 2 aromatic carbocycles. The van der Waals surface area contributed by atoms with E-state index in [4.69, 9.17) is 0 Å². The zero-order valence-electron chi connectivity index (χ0n) is 16.9. The molecule has 10 heteroatoms. The SMILES string of the molecule is Cc1cccc(-n2ncc3c(=O)n4c(nc32)SCC4CC(=O)Nc2ccc(F)c(F)c2)c1. The highest BCUT2D eigenvalue weighted by Crippen LogP contribution is 2.33. The summed E-state index contributed by atoms with van der Waals surface area (Å²) < 4.78 is 29.6. The lowest BCUT2D eigenvalue weighted by atomic mass is 10.2. The van der Waals surface area contributed by atoms with Gasteiger partial charge in [0.25, 0.3) is 5.56 Å². The minimum Gasteiger partial charge on any atom is -0.326 e. The number of amides is 1. The van der Waals surface area contributed by atoms with Crippen LogP contribution in [0.1, 0.15) is 18.0 Å². The highest BCUT2D eigenvalue weighted by Gasteiger charge is 2.29. The number of aryl methyl sites for hydroxylation is 1. The van der Waals surface area contributed by atoms with Gasteiger partial charge < -0.3 is 5.32 Å². The summed E-state index contributed by atoms with van der Waals surface area (Å²) in [5, 5.41) is 7.78. The average Bonchev–Trinajstić information content (AvgIpc) is 3.36. The Hall–Kier alpha value is -3.53. The molecule has 1 atom stereocenters. The van der Waals surface area contributed by atoms with Crippen molar-refractivity contribution in [2.24, 2.45) is 0 Å². The molecule has 0 saturated heterocycles. The summed E-state index contributed by atoms with van der Waals surface area (Å²) in [5.41, 5.74) is 2.22. The van der Waals surface area contributed by atoms with Crippen molar-refractivity contribution in [1.29, 1.82) is 0 Å². The molecule has 4 aromatic rings. The summed E-state index contributed by atoms with van der Waals surface area (Å²) in [6.45, 7) is 1.97. The minimum atomic E-state index is -1.04. The predicted octanol–water partition coefficient (Wildman–Crippen LogP) is 3.84. The molecule has 3 heterocycles. The summed E-state index contributed by atoms with van der Waals surface area (Å²) in [6.07, 6.45) is 1.49. The van der Waals surface area contributed by atoms with Crippen LogP contribution in [0, 0.1) is 18.6 Å². The first-order valence-electron chi connectivity index (χ1n) is 9.86. The normalized spacial score (nSPS) is 15.2. The van der Waals surface area contributed by atoms with E-state index in [1.807, 2.05) is 31.2 Å². The molecule has 0 spiro atoms. The van der Waals surface area contributed by atoms with Crippen LogP contribution in [-0.2, 0) is 4.79 Å². The molecular weight excluding hydrogens is 436 g/mol. The van der Waals surface area contributed by atoms with E-state index in [-0.39, 0.29) is 17.7 Å². The van der Waals surface area contributed by atoms with Crippen LogP contribution in [0.2, 0.25) is 0 Å². The van der Waals surface area contributed by atoms with E-state index in [2.05, 4.69) is 15.4 Å². The Kier molecular flexibility index (Phi) is 5.01. The van der Waals surface area contributed by atoms with E-state index >= 15 is 0 Å². The first kappa shape index (κ1) is 20.4. The van der Waals surface area contributed by atoms with E-state index in [0.717, 1.165) is 23.4 Å². The predicted molar refractivity (Wildman–Crippen MR) is 117 cm³/mol. The standard InChI is InChI=1S/C22H17F2N5O2S/c1-12-3-2-4-14(7-12)29-20-16(10-25-29)21(31)28-15(11-32-22(28)27-20)9-19(30)26-13-5-6-17(23)18(24)8-13/h2-8,10,15H,9,11H2,1H3,(H,26,30). The van der Waals surface area contributed by atoms with Crippen molar-refractivity contribution in [2.75, 3.05) is 11.1 Å². The van der Waals surface area contributed by atoms with Crippen LogP contribution in [0.15, 0.2) is 58.6 Å². The third-order valence-electron chi connectivity index (χ3n) is 5.24. The molecule has 162 valence electrons. The van der Waals surface area contributed by atoms with Crippen LogP contribution in [0.5, 0.6) is 0 Å². The van der Waals surface area contributed by atoms with Crippen LogP contribution in [0.25, 0.3) is 16.7 Å². The van der Waals surface area contributed by atoms with Crippen molar-refractivity contribution in [2.45, 2.75) is 24.5 Å². The smallest absolute Gasteiger partial charge is 0.265 e. The number of carbonyl (C=O) groups is 1. The Labute approximate surface area is 185 Å². The fourth-order valence-corrected chi connectivity index (χ4v) is 4.86. The van der Waals surface area contributed by atoms with Crippen molar-refractivity contribution in [3.05, 3.63) is 76.2 Å². The van der Waals surface area contributed by atoms with E-state index in [0.29, 0.717) is 21.9 Å². The van der Waals surface area contributed by atoms with Crippen molar-refractivity contribution < 1.29 is 13.6 Å². The second kappa shape index (κ2) is 7.86. The van der Waals surface area contributed by atoms with Crippen LogP contribution in [-0.4, -0.2) is 31.0 Å². The molecule has 1 aliphatic heterocycles. The number of hydrogen-bond acceptors (Lipinski definition) is 5. The Morgan fingerprint density at radius 2 is 2.06 bits per heavy atom. The molecule has 2 aromatic heterocycles. The number of rotatable bonds is 4. The van der Waals surface area contributed by atoms with Crippen LogP contribution >= 0.6 is 11.8 Å². The maximum atomic E-state index is 13.4. The molecule has 5 rings (SSSR count). The van der Waals surface area contributed by atoms with Gasteiger partial charge in [0.1, 0.15) is 5.39 Å². The van der Waals surface area contributed by atoms with E-state index in [9.17, 15) is 18.4 Å². The Morgan fingerprint density at radius 1 is 1.22 bits per heavy atom. The number of halogens is 2. The molecule has 1 aliphatic rings. The summed E-state index contributed by atoms with van der Waals surface area (Å²) in [4.78, 5) is 30.3. The zero-order chi connectivity index (χ0) is 22.4. The first-order valence-corrected chi connectivity index (χ1v) is 10.8. The molecule has 0 bridgehead atoms. The van der Waals surface area contributed by atoms with Gasteiger partial charge in [0.05, 0.1) is 17.9 Å². The number of anilines is 1. The van der Waals surface area contributed by atoms with Gasteiger partial charge in [-0.25, -0.2) is 18.4 Å². The van der Waals surface area contributed by atoms with Gasteiger partial charge in [-0.3, -0.25) is 14.2 Å². The molecule has 0 aliphatic carbocycles. The first-order chi connectivity index (χ1) is 15.4. The second-order valence-corrected chi connectivity index (χ2v) is 8.54. The number of thioether (sulfide) groups is 1. The van der Waals surface area contributed by atoms with Crippen LogP contribution in [0.4, 0.5) is 14.5 Å². The van der Waals surface area contributed by atoms with Crippen molar-refractivity contribution in [1.82, 2.24) is 19.3 Å². The molecule has 1 amide bonds. The maximum Gasteiger partial charge on any atom is 0.265 e. The topological polar surface area (TPSA) is 81.8 Å². The van der Waals surface area contributed by atoms with Crippen molar-refractivity contribution in [3.63, 3.8) is 0 Å². The zero-order valence-corrected chi connectivity index (χ0v) is 17.7. The molecule has 0 radical (unpaired) electrons. The Morgan fingerprint density at radius 3 is 2.84 bits per heavy atom. The van der Waals surface area contributed by atoms with Gasteiger partial charge in [-0.2, -0.15) is 5.10 Å². The lowest BCUT2D eigenvalue weighted by Gasteiger charge is -2.13. The van der Waals surface area contributed by atoms with Gasteiger partial charge >= 0.3 is 0 Å². The van der Waals surface area contributed by atoms with Gasteiger partial charge in [0, 0.05) is 23.9 Å². The Bertz CT molecular complexity index is 1430. The summed E-state index contributed by atoms with van der Waals surface area (Å²) in [6, 6.07) is 10.5. The number of hydrogen-bond donors (Lipinski definition) is 1. The number of nitrogens with zero attached hydrogens (tertiary/aromatic N) is 4. The summed E-state index contributed by atoms with van der Waals surface area (Å²) >= 11 is 1.39. The van der Waals surface area contributed by atoms with Gasteiger partial charge in [-0.15, -0.1) is 0 Å². The summed E-state index contributed by atoms with van der Waals surface area (Å²) in [7, 11) is 0. The van der Waals surface area contributed by atoms with Gasteiger partial charge in [-0.05, 0) is 36.8 Å². The van der Waals surface area contributed by atoms with Gasteiger partial charge in [0.2, 0.25) is 5.91 Å². The van der Waals surface area contributed by atoms with Crippen LogP contribution in [0.3, 0.4) is 0 Å². The lowest BCUT2D eigenvalue weighted by Crippen LogP contribution is -2.27. The molecule has 32 heavy (non-hydrogen) atoms. The number of fused-ring (bicyclic) bond motifs is 2. The number of benzene rings is 2. The fraction of sp³-hybridized carbons (Fsp3) is 0.182. The minimum absolute atomic E-state index is 0.00188. The fourth-order valence-electron chi connectivity index (χ4n) is 3.73. The van der Waals surface area contributed by atoms with E-state index < -0.39 is 23.6 Å². The maximum absolute atomic E-state index is 13.4. The molecule has 7 nitrogen and oxygen atoms in total. The molecule has 0 saturated carbocycles. The van der Waals surface area contributed by atoms with Gasteiger partial charge in [0.15, 0.2) is 22.4 Å². The summed E-state index contributed by atoms with van der Waals surface area (Å²) in [5.74, 6) is -1.94. The molecule has 0 fully saturated rings. The number of aromatic nitrogens is 4.